The van der Waals surface area contributed by atoms with E-state index in [4.69, 9.17) is 33.0 Å². The van der Waals surface area contributed by atoms with E-state index in [1.807, 2.05) is 0 Å². The molecule has 1 aliphatic heterocycles. The van der Waals surface area contributed by atoms with Crippen LogP contribution in [-0.4, -0.2) is 23.0 Å². The Labute approximate surface area is 198 Å². The highest BCUT2D eigenvalue weighted by Crippen LogP contribution is 2.29. The number of carboxylic acids is 1. The van der Waals surface area contributed by atoms with Crippen molar-refractivity contribution in [3.8, 4) is 5.75 Å². The van der Waals surface area contributed by atoms with Crippen LogP contribution in [0.3, 0.4) is 0 Å². The van der Waals surface area contributed by atoms with Gasteiger partial charge in [-0.3, -0.25) is 4.79 Å². The molecule has 3 aromatic rings. The van der Waals surface area contributed by atoms with Crippen LogP contribution in [0.2, 0.25) is 10.0 Å². The van der Waals surface area contributed by atoms with Gasteiger partial charge < -0.3 is 15.2 Å². The van der Waals surface area contributed by atoms with E-state index >= 15 is 0 Å². The Morgan fingerprint density at radius 1 is 1.03 bits per heavy atom. The van der Waals surface area contributed by atoms with Crippen LogP contribution in [0.5, 0.6) is 5.75 Å². The first-order valence-corrected chi connectivity index (χ1v) is 10.4. The predicted molar refractivity (Wildman–Crippen MR) is 125 cm³/mol. The Balaban J connectivity index is 1.48. The van der Waals surface area contributed by atoms with Gasteiger partial charge in [-0.1, -0.05) is 41.4 Å². The van der Waals surface area contributed by atoms with Crippen molar-refractivity contribution in [2.45, 2.75) is 6.61 Å². The van der Waals surface area contributed by atoms with E-state index in [0.717, 1.165) is 4.90 Å². The number of carboxylic acid groups (broad SMARTS) is 1. The smallest absolute Gasteiger partial charge is 0.335 e. The van der Waals surface area contributed by atoms with Gasteiger partial charge in [-0.25, -0.2) is 14.5 Å². The molecule has 9 heteroatoms. The molecule has 2 N–H and O–H groups in total. The molecule has 0 bridgehead atoms. The number of nitrogens with zero attached hydrogens (tertiary/aromatic N) is 1. The minimum absolute atomic E-state index is 0.102. The van der Waals surface area contributed by atoms with Crippen LogP contribution >= 0.6 is 23.2 Å². The van der Waals surface area contributed by atoms with Crippen molar-refractivity contribution in [1.82, 2.24) is 5.32 Å². The molecular weight excluding hydrogens is 467 g/mol. The second kappa shape index (κ2) is 9.36. The average Bonchev–Trinajstić information content (AvgIpc) is 3.07. The number of carbonyl (C=O) groups is 3. The van der Waals surface area contributed by atoms with Gasteiger partial charge >= 0.3 is 12.0 Å². The first-order valence-electron chi connectivity index (χ1n) is 9.69. The molecule has 1 aliphatic rings. The third kappa shape index (κ3) is 5.00. The van der Waals surface area contributed by atoms with Gasteiger partial charge in [-0.2, -0.15) is 0 Å². The van der Waals surface area contributed by atoms with Crippen molar-refractivity contribution < 1.29 is 24.2 Å². The summed E-state index contributed by atoms with van der Waals surface area (Å²) in [7, 11) is 0. The molecule has 0 radical (unpaired) electrons. The van der Waals surface area contributed by atoms with Gasteiger partial charge in [0.25, 0.3) is 5.91 Å². The lowest BCUT2D eigenvalue weighted by Gasteiger charge is -2.11. The number of carbonyl (C=O) groups excluding carboxylic acids is 2. The molecule has 0 spiro atoms. The van der Waals surface area contributed by atoms with Crippen LogP contribution in [0, 0.1) is 0 Å². The molecule has 0 aromatic heterocycles. The zero-order valence-corrected chi connectivity index (χ0v) is 18.4. The molecule has 0 unspecified atom stereocenters. The number of benzene rings is 3. The molecular formula is C24H16Cl2N2O5. The molecule has 166 valence electrons. The van der Waals surface area contributed by atoms with Gasteiger partial charge in [0.2, 0.25) is 0 Å². The monoisotopic (exact) mass is 482 g/mol. The Morgan fingerprint density at radius 2 is 1.79 bits per heavy atom. The van der Waals surface area contributed by atoms with Gasteiger partial charge in [0.15, 0.2) is 0 Å². The number of hydrogen-bond donors (Lipinski definition) is 2. The minimum Gasteiger partial charge on any atom is -0.487 e. The third-order valence-electron chi connectivity index (χ3n) is 4.80. The summed E-state index contributed by atoms with van der Waals surface area (Å²) in [6.45, 7) is 0.131. The van der Waals surface area contributed by atoms with E-state index in [2.05, 4.69) is 5.32 Å². The van der Waals surface area contributed by atoms with Crippen LogP contribution in [0.1, 0.15) is 21.5 Å². The predicted octanol–water partition coefficient (Wildman–Crippen LogP) is 5.37. The number of ether oxygens (including phenoxy) is 1. The van der Waals surface area contributed by atoms with E-state index in [-0.39, 0.29) is 17.9 Å². The zero-order chi connectivity index (χ0) is 23.5. The highest BCUT2D eigenvalue weighted by atomic mass is 35.5. The molecule has 4 rings (SSSR count). The number of halogens is 2. The fraction of sp³-hybridized carbons (Fsp3) is 0.0417. The van der Waals surface area contributed by atoms with E-state index < -0.39 is 17.9 Å². The molecule has 3 amide bonds. The van der Waals surface area contributed by atoms with Crippen molar-refractivity contribution in [1.29, 1.82) is 0 Å². The van der Waals surface area contributed by atoms with Crippen LogP contribution in [0.4, 0.5) is 10.5 Å². The topological polar surface area (TPSA) is 95.9 Å². The molecule has 7 nitrogen and oxygen atoms in total. The lowest BCUT2D eigenvalue weighted by atomic mass is 10.1. The zero-order valence-electron chi connectivity index (χ0n) is 16.9. The standard InChI is InChI=1S/C24H16Cl2N2O5/c25-17-5-7-18(8-6-17)28-22(29)20(27-24(28)32)12-14-4-9-21(19(26)11-14)33-13-15-2-1-3-16(10-15)23(30)31/h1-12H,13H2,(H,27,32)(H,30,31)/b20-12+. The van der Waals surface area contributed by atoms with Crippen molar-refractivity contribution in [2.75, 3.05) is 4.90 Å². The number of imide groups is 1. The summed E-state index contributed by atoms with van der Waals surface area (Å²) in [5.41, 5.74) is 1.94. The van der Waals surface area contributed by atoms with Crippen molar-refractivity contribution >= 4 is 52.9 Å². The van der Waals surface area contributed by atoms with E-state index in [1.54, 1.807) is 54.6 Å². The van der Waals surface area contributed by atoms with Crippen LogP contribution < -0.4 is 15.0 Å². The Bertz CT molecular complexity index is 1290. The molecule has 1 heterocycles. The van der Waals surface area contributed by atoms with Gasteiger partial charge in [-0.15, -0.1) is 0 Å². The molecule has 1 fully saturated rings. The number of urea groups is 1. The molecule has 0 atom stereocenters. The van der Waals surface area contributed by atoms with Crippen molar-refractivity contribution in [2.24, 2.45) is 0 Å². The van der Waals surface area contributed by atoms with Crippen LogP contribution in [0.25, 0.3) is 6.08 Å². The van der Waals surface area contributed by atoms with Crippen molar-refractivity contribution in [3.63, 3.8) is 0 Å². The summed E-state index contributed by atoms with van der Waals surface area (Å²) in [6.07, 6.45) is 1.52. The normalized spacial score (nSPS) is 14.5. The second-order valence-corrected chi connectivity index (χ2v) is 7.93. The summed E-state index contributed by atoms with van der Waals surface area (Å²) in [6, 6.07) is 17.1. The number of aromatic carboxylic acids is 1. The number of nitrogens with one attached hydrogen (secondary N) is 1. The van der Waals surface area contributed by atoms with E-state index in [9.17, 15) is 14.4 Å². The molecule has 0 aliphatic carbocycles. The largest absolute Gasteiger partial charge is 0.487 e. The van der Waals surface area contributed by atoms with Gasteiger partial charge in [0.1, 0.15) is 18.1 Å². The lowest BCUT2D eigenvalue weighted by molar-refractivity contribution is -0.113. The van der Waals surface area contributed by atoms with Crippen LogP contribution in [-0.2, 0) is 11.4 Å². The maximum atomic E-state index is 12.7. The summed E-state index contributed by atoms with van der Waals surface area (Å²) in [5.74, 6) is -1.13. The van der Waals surface area contributed by atoms with Gasteiger partial charge in [-0.05, 0) is 65.7 Å². The Morgan fingerprint density at radius 3 is 2.48 bits per heavy atom. The molecule has 33 heavy (non-hydrogen) atoms. The first kappa shape index (κ1) is 22.4. The first-order chi connectivity index (χ1) is 15.8. The third-order valence-corrected chi connectivity index (χ3v) is 5.35. The SMILES string of the molecule is O=C(O)c1cccc(COc2ccc(/C=C3/NC(=O)N(c4ccc(Cl)cc4)C3=O)cc2Cl)c1. The second-order valence-electron chi connectivity index (χ2n) is 7.09. The fourth-order valence-corrected chi connectivity index (χ4v) is 3.58. The van der Waals surface area contributed by atoms with E-state index in [0.29, 0.717) is 32.6 Å². The van der Waals surface area contributed by atoms with Gasteiger partial charge in [0, 0.05) is 5.02 Å². The Hall–Kier alpha value is -3.81. The summed E-state index contributed by atoms with van der Waals surface area (Å²) >= 11 is 12.2. The molecule has 3 aromatic carbocycles. The summed E-state index contributed by atoms with van der Waals surface area (Å²) in [4.78, 5) is 37.2. The molecule has 1 saturated heterocycles. The molecule has 0 saturated carbocycles. The highest BCUT2D eigenvalue weighted by Gasteiger charge is 2.34. The summed E-state index contributed by atoms with van der Waals surface area (Å²) < 4.78 is 5.70. The number of hydrogen-bond acceptors (Lipinski definition) is 4. The minimum atomic E-state index is -1.02. The number of amides is 3. The van der Waals surface area contributed by atoms with E-state index in [1.165, 1.54) is 18.2 Å². The fourth-order valence-electron chi connectivity index (χ4n) is 3.21. The van der Waals surface area contributed by atoms with Gasteiger partial charge in [0.05, 0.1) is 16.3 Å². The number of rotatable bonds is 6. The maximum absolute atomic E-state index is 12.7. The lowest BCUT2D eigenvalue weighted by Crippen LogP contribution is -2.30. The highest BCUT2D eigenvalue weighted by molar-refractivity contribution is 6.32. The van der Waals surface area contributed by atoms with Crippen LogP contribution in [0.15, 0.2) is 72.4 Å². The average molecular weight is 483 g/mol. The van der Waals surface area contributed by atoms with Crippen molar-refractivity contribution in [3.05, 3.63) is 99.2 Å². The Kier molecular flexibility index (Phi) is 6.35. The number of anilines is 1. The maximum Gasteiger partial charge on any atom is 0.335 e. The summed E-state index contributed by atoms with van der Waals surface area (Å²) in [5, 5.41) is 12.4. The quantitative estimate of drug-likeness (QED) is 0.363.